The molecule has 2 aromatic rings. The summed E-state index contributed by atoms with van der Waals surface area (Å²) in [5.41, 5.74) is 6.30. The number of carbonyl (C=O) groups excluding carboxylic acids is 1. The first-order chi connectivity index (χ1) is 8.61. The smallest absolute Gasteiger partial charge is 0.377 e. The molecular weight excluding hydrogens is 239 g/mol. The third kappa shape index (κ3) is 2.29. The minimum atomic E-state index is -0.643. The maximum atomic E-state index is 13.5. The lowest BCUT2D eigenvalue weighted by Crippen LogP contribution is -2.08. The Labute approximate surface area is 102 Å². The summed E-state index contributed by atoms with van der Waals surface area (Å²) in [6.45, 7) is 0.0997. The van der Waals surface area contributed by atoms with Crippen LogP contribution < -0.4 is 5.73 Å². The first-order valence-corrected chi connectivity index (χ1v) is 5.12. The average Bonchev–Trinajstić information content (AvgIpc) is 2.81. The van der Waals surface area contributed by atoms with Crippen LogP contribution in [0.2, 0.25) is 0 Å². The maximum absolute atomic E-state index is 13.5. The predicted octanol–water partition coefficient (Wildman–Crippen LogP) is 0.834. The highest BCUT2D eigenvalue weighted by Gasteiger charge is 2.13. The fraction of sp³-hybridized carbons (Fsp3) is 0.182. The van der Waals surface area contributed by atoms with Gasteiger partial charge >= 0.3 is 5.97 Å². The Kier molecular flexibility index (Phi) is 3.22. The lowest BCUT2D eigenvalue weighted by atomic mass is 10.1. The summed E-state index contributed by atoms with van der Waals surface area (Å²) in [7, 11) is 1.23. The number of nitrogens with two attached hydrogens (primary N) is 1. The number of methoxy groups -OCH3 is 1. The van der Waals surface area contributed by atoms with Gasteiger partial charge in [-0.3, -0.25) is 0 Å². The van der Waals surface area contributed by atoms with E-state index < -0.39 is 11.8 Å². The van der Waals surface area contributed by atoms with E-state index in [1.807, 2.05) is 0 Å². The van der Waals surface area contributed by atoms with E-state index in [4.69, 9.17) is 5.73 Å². The van der Waals surface area contributed by atoms with Gasteiger partial charge in [0.1, 0.15) is 12.1 Å². The minimum absolute atomic E-state index is 0.0765. The van der Waals surface area contributed by atoms with E-state index in [0.29, 0.717) is 11.3 Å². The Morgan fingerprint density at radius 2 is 2.33 bits per heavy atom. The molecule has 2 rings (SSSR count). The molecule has 0 amide bonds. The third-order valence-electron chi connectivity index (χ3n) is 2.38. The fourth-order valence-corrected chi connectivity index (χ4v) is 1.46. The molecule has 94 valence electrons. The molecular formula is C11H11FN4O2. The molecule has 0 fully saturated rings. The zero-order chi connectivity index (χ0) is 13.1. The number of rotatable bonds is 3. The van der Waals surface area contributed by atoms with Gasteiger partial charge in [-0.2, -0.15) is 0 Å². The predicted molar refractivity (Wildman–Crippen MR) is 61.3 cm³/mol. The summed E-state index contributed by atoms with van der Waals surface area (Å²) < 4.78 is 19.3. The van der Waals surface area contributed by atoms with Gasteiger partial charge in [0.05, 0.1) is 13.7 Å². The molecule has 0 spiro atoms. The van der Waals surface area contributed by atoms with Crippen molar-refractivity contribution in [3.63, 3.8) is 0 Å². The first kappa shape index (κ1) is 12.0. The molecule has 0 atom stereocenters. The van der Waals surface area contributed by atoms with Crippen LogP contribution in [0.25, 0.3) is 0 Å². The zero-order valence-corrected chi connectivity index (χ0v) is 9.63. The molecule has 7 heteroatoms. The summed E-state index contributed by atoms with van der Waals surface area (Å²) in [4.78, 5) is 14.9. The Hall–Kier alpha value is -2.44. The van der Waals surface area contributed by atoms with Crippen molar-refractivity contribution in [2.24, 2.45) is 0 Å². The number of aromatic nitrogens is 3. The van der Waals surface area contributed by atoms with Crippen molar-refractivity contribution in [3.8, 4) is 0 Å². The highest BCUT2D eigenvalue weighted by molar-refractivity contribution is 5.84. The molecule has 18 heavy (non-hydrogen) atoms. The molecule has 0 aliphatic heterocycles. The van der Waals surface area contributed by atoms with Crippen LogP contribution >= 0.6 is 0 Å². The van der Waals surface area contributed by atoms with Crippen LogP contribution in [0, 0.1) is 5.82 Å². The molecule has 0 aliphatic rings. The largest absolute Gasteiger partial charge is 0.463 e. The van der Waals surface area contributed by atoms with Crippen molar-refractivity contribution in [1.29, 1.82) is 0 Å². The summed E-state index contributed by atoms with van der Waals surface area (Å²) >= 11 is 0. The molecule has 0 unspecified atom stereocenters. The normalized spacial score (nSPS) is 10.3. The van der Waals surface area contributed by atoms with Gasteiger partial charge in [-0.25, -0.2) is 18.9 Å². The monoisotopic (exact) mass is 250 g/mol. The summed E-state index contributed by atoms with van der Waals surface area (Å²) in [6.07, 6.45) is 1.32. The van der Waals surface area contributed by atoms with E-state index in [9.17, 15) is 9.18 Å². The summed E-state index contributed by atoms with van der Waals surface area (Å²) in [6, 6.07) is 4.43. The van der Waals surface area contributed by atoms with Crippen molar-refractivity contribution < 1.29 is 13.9 Å². The van der Waals surface area contributed by atoms with Gasteiger partial charge < -0.3 is 10.5 Å². The highest BCUT2D eigenvalue weighted by Crippen LogP contribution is 2.16. The van der Waals surface area contributed by atoms with E-state index in [0.717, 1.165) is 0 Å². The van der Waals surface area contributed by atoms with Crippen LogP contribution in [-0.4, -0.2) is 27.8 Å². The zero-order valence-electron chi connectivity index (χ0n) is 9.63. The number of ether oxygens (including phenoxy) is 1. The van der Waals surface area contributed by atoms with Gasteiger partial charge in [0, 0.05) is 11.3 Å². The van der Waals surface area contributed by atoms with Crippen molar-refractivity contribution >= 4 is 11.7 Å². The SMILES string of the molecule is COC(=O)c1ncn(Cc2c(N)cccc2F)n1. The van der Waals surface area contributed by atoms with E-state index >= 15 is 0 Å². The number of nitrogen functional groups attached to an aromatic ring is 1. The second-order valence-electron chi connectivity index (χ2n) is 3.56. The van der Waals surface area contributed by atoms with Gasteiger partial charge in [0.15, 0.2) is 0 Å². The minimum Gasteiger partial charge on any atom is -0.463 e. The third-order valence-corrected chi connectivity index (χ3v) is 2.38. The molecule has 6 nitrogen and oxygen atoms in total. The molecule has 0 saturated heterocycles. The van der Waals surface area contributed by atoms with Crippen LogP contribution in [0.5, 0.6) is 0 Å². The van der Waals surface area contributed by atoms with E-state index in [1.54, 1.807) is 6.07 Å². The van der Waals surface area contributed by atoms with Crippen molar-refractivity contribution in [1.82, 2.24) is 14.8 Å². The van der Waals surface area contributed by atoms with E-state index in [1.165, 1.54) is 30.3 Å². The number of halogens is 1. The fourth-order valence-electron chi connectivity index (χ4n) is 1.46. The van der Waals surface area contributed by atoms with Crippen LogP contribution in [0.1, 0.15) is 16.2 Å². The Balaban J connectivity index is 2.24. The summed E-state index contributed by atoms with van der Waals surface area (Å²) in [5.74, 6) is -1.15. The van der Waals surface area contributed by atoms with Crippen LogP contribution in [0.3, 0.4) is 0 Å². The number of hydrogen-bond donors (Lipinski definition) is 1. The van der Waals surface area contributed by atoms with Gasteiger partial charge in [0.25, 0.3) is 5.82 Å². The van der Waals surface area contributed by atoms with Gasteiger partial charge in [0.2, 0.25) is 0 Å². The summed E-state index contributed by atoms with van der Waals surface area (Å²) in [5, 5.41) is 3.87. The molecule has 0 saturated carbocycles. The lowest BCUT2D eigenvalue weighted by molar-refractivity contribution is 0.0586. The number of hydrogen-bond acceptors (Lipinski definition) is 5. The van der Waals surface area contributed by atoms with Crippen LogP contribution in [-0.2, 0) is 11.3 Å². The average molecular weight is 250 g/mol. The topological polar surface area (TPSA) is 83.0 Å². The number of carbonyl (C=O) groups is 1. The molecule has 0 radical (unpaired) electrons. The Morgan fingerprint density at radius 3 is 3.00 bits per heavy atom. The Morgan fingerprint density at radius 1 is 1.56 bits per heavy atom. The molecule has 1 heterocycles. The van der Waals surface area contributed by atoms with Gasteiger partial charge in [-0.1, -0.05) is 6.07 Å². The second-order valence-corrected chi connectivity index (χ2v) is 3.56. The molecule has 1 aromatic carbocycles. The van der Waals surface area contributed by atoms with Gasteiger partial charge in [-0.05, 0) is 12.1 Å². The van der Waals surface area contributed by atoms with Crippen molar-refractivity contribution in [2.75, 3.05) is 12.8 Å². The molecule has 0 bridgehead atoms. The lowest BCUT2D eigenvalue weighted by Gasteiger charge is -2.06. The number of esters is 1. The first-order valence-electron chi connectivity index (χ1n) is 5.12. The Bertz CT molecular complexity index is 562. The van der Waals surface area contributed by atoms with Crippen molar-refractivity contribution in [3.05, 3.63) is 41.7 Å². The quantitative estimate of drug-likeness (QED) is 0.644. The molecule has 2 N–H and O–H groups in total. The van der Waals surface area contributed by atoms with Crippen LogP contribution in [0.4, 0.5) is 10.1 Å². The molecule has 0 aliphatic carbocycles. The highest BCUT2D eigenvalue weighted by atomic mass is 19.1. The maximum Gasteiger partial charge on any atom is 0.377 e. The van der Waals surface area contributed by atoms with E-state index in [-0.39, 0.29) is 12.4 Å². The standard InChI is InChI=1S/C11H11FN4O2/c1-18-11(17)10-14-6-16(15-10)5-7-8(12)3-2-4-9(7)13/h2-4,6H,5,13H2,1H3. The van der Waals surface area contributed by atoms with Crippen LogP contribution in [0.15, 0.2) is 24.5 Å². The number of anilines is 1. The van der Waals surface area contributed by atoms with E-state index in [2.05, 4.69) is 14.8 Å². The van der Waals surface area contributed by atoms with Crippen molar-refractivity contribution in [2.45, 2.75) is 6.54 Å². The van der Waals surface area contributed by atoms with Gasteiger partial charge in [-0.15, -0.1) is 5.10 Å². The second kappa shape index (κ2) is 4.82. The molecule has 1 aromatic heterocycles. The number of nitrogens with zero attached hydrogens (tertiary/aromatic N) is 3. The number of benzene rings is 1.